The molecule has 3 rings (SSSR count). The second-order valence-corrected chi connectivity index (χ2v) is 8.61. The van der Waals surface area contributed by atoms with Gasteiger partial charge < -0.3 is 5.11 Å². The van der Waals surface area contributed by atoms with E-state index in [1.54, 1.807) is 5.51 Å². The van der Waals surface area contributed by atoms with Gasteiger partial charge in [0.25, 0.3) is 10.0 Å². The molecule has 0 spiro atoms. The molecule has 0 bridgehead atoms. The summed E-state index contributed by atoms with van der Waals surface area (Å²) in [5, 5.41) is 8.64. The predicted octanol–water partition coefficient (Wildman–Crippen LogP) is 4.33. The lowest BCUT2D eigenvalue weighted by Gasteiger charge is -2.13. The van der Waals surface area contributed by atoms with Crippen LogP contribution in [0.5, 0.6) is 0 Å². The number of carbonyl (C=O) groups is 1. The number of fused-ring (bicyclic) bond motifs is 1. The highest BCUT2D eigenvalue weighted by atomic mass is 32.2. The molecule has 1 heterocycles. The van der Waals surface area contributed by atoms with Crippen molar-refractivity contribution in [2.45, 2.75) is 23.9 Å². The average Bonchev–Trinajstić information content (AvgIpc) is 3.13. The van der Waals surface area contributed by atoms with Gasteiger partial charge in [-0.2, -0.15) is 13.2 Å². The van der Waals surface area contributed by atoms with Crippen LogP contribution in [0, 0.1) is 11.8 Å². The van der Waals surface area contributed by atoms with Crippen LogP contribution < -0.4 is 4.72 Å². The Hall–Kier alpha value is -3.10. The van der Waals surface area contributed by atoms with E-state index in [9.17, 15) is 26.4 Å². The standard InChI is InChI=1S/C19H13F3N2O4S2/c20-19(21,22)13-5-7-15(12(9-13)3-1-2-4-18(25)26)24-30(27,28)14-6-8-16-17(10-14)29-11-23-16/h5-11,24H,2,4H2,(H,25,26). The minimum atomic E-state index is -4.65. The third-order valence-corrected chi connectivity index (χ3v) is 6.05. The van der Waals surface area contributed by atoms with E-state index in [1.165, 1.54) is 29.5 Å². The average molecular weight is 454 g/mol. The zero-order valence-corrected chi connectivity index (χ0v) is 16.7. The highest BCUT2D eigenvalue weighted by molar-refractivity contribution is 7.92. The van der Waals surface area contributed by atoms with Gasteiger partial charge in [-0.05, 0) is 36.4 Å². The van der Waals surface area contributed by atoms with Crippen LogP contribution in [0.2, 0.25) is 0 Å². The number of carboxylic acids is 1. The number of hydrogen-bond donors (Lipinski definition) is 2. The quantitative estimate of drug-likeness (QED) is 0.560. The molecule has 0 radical (unpaired) electrons. The number of alkyl halides is 3. The molecular weight excluding hydrogens is 441 g/mol. The van der Waals surface area contributed by atoms with Gasteiger partial charge in [0.2, 0.25) is 0 Å². The van der Waals surface area contributed by atoms with Crippen molar-refractivity contribution in [3.8, 4) is 11.8 Å². The summed E-state index contributed by atoms with van der Waals surface area (Å²) in [6.45, 7) is 0. The minimum absolute atomic E-state index is 0.0797. The molecule has 0 aliphatic heterocycles. The molecule has 0 aliphatic rings. The lowest BCUT2D eigenvalue weighted by Crippen LogP contribution is -2.14. The van der Waals surface area contributed by atoms with Crippen LogP contribution >= 0.6 is 11.3 Å². The number of thiazole rings is 1. The maximum absolute atomic E-state index is 13.0. The SMILES string of the molecule is O=C(O)CCC#Cc1cc(C(F)(F)F)ccc1NS(=O)(=O)c1ccc2ncsc2c1. The number of nitrogens with zero attached hydrogens (tertiary/aromatic N) is 1. The summed E-state index contributed by atoms with van der Waals surface area (Å²) in [5.41, 5.74) is 0.834. The number of carboxylic acid groups (broad SMARTS) is 1. The molecule has 2 N–H and O–H groups in total. The molecule has 6 nitrogen and oxygen atoms in total. The number of sulfonamides is 1. The molecule has 0 saturated heterocycles. The molecule has 156 valence electrons. The number of halogens is 3. The lowest BCUT2D eigenvalue weighted by atomic mass is 10.1. The van der Waals surface area contributed by atoms with Crippen molar-refractivity contribution in [1.29, 1.82) is 0 Å². The number of hydrogen-bond acceptors (Lipinski definition) is 5. The Balaban J connectivity index is 1.97. The van der Waals surface area contributed by atoms with Crippen LogP contribution in [-0.2, 0) is 21.0 Å². The highest BCUT2D eigenvalue weighted by Gasteiger charge is 2.31. The molecule has 0 fully saturated rings. The second-order valence-electron chi connectivity index (χ2n) is 6.04. The molecule has 11 heteroatoms. The van der Waals surface area contributed by atoms with Gasteiger partial charge in [0.05, 0.1) is 38.3 Å². The van der Waals surface area contributed by atoms with E-state index >= 15 is 0 Å². The monoisotopic (exact) mass is 454 g/mol. The van der Waals surface area contributed by atoms with Gasteiger partial charge in [0.15, 0.2) is 0 Å². The third kappa shape index (κ3) is 5.08. The van der Waals surface area contributed by atoms with Gasteiger partial charge in [0.1, 0.15) is 0 Å². The summed E-state index contributed by atoms with van der Waals surface area (Å²) in [5.74, 6) is 3.79. The number of nitrogens with one attached hydrogen (secondary N) is 1. The van der Waals surface area contributed by atoms with Gasteiger partial charge in [0, 0.05) is 12.0 Å². The van der Waals surface area contributed by atoms with Crippen molar-refractivity contribution in [3.05, 3.63) is 53.0 Å². The van der Waals surface area contributed by atoms with Gasteiger partial charge in [-0.3, -0.25) is 9.52 Å². The Kier molecular flexibility index (Phi) is 6.00. The molecule has 3 aromatic rings. The molecule has 0 aliphatic carbocycles. The van der Waals surface area contributed by atoms with Crippen LogP contribution in [0.4, 0.5) is 18.9 Å². The first kappa shape index (κ1) is 21.6. The number of anilines is 1. The van der Waals surface area contributed by atoms with E-state index in [4.69, 9.17) is 5.11 Å². The fraction of sp³-hybridized carbons (Fsp3) is 0.158. The fourth-order valence-corrected chi connectivity index (χ4v) is 4.34. The zero-order valence-electron chi connectivity index (χ0n) is 15.0. The predicted molar refractivity (Wildman–Crippen MR) is 106 cm³/mol. The van der Waals surface area contributed by atoms with E-state index in [0.717, 1.165) is 18.2 Å². The maximum Gasteiger partial charge on any atom is 0.416 e. The molecule has 0 amide bonds. The summed E-state index contributed by atoms with van der Waals surface area (Å²) in [6.07, 6.45) is -5.03. The fourth-order valence-electron chi connectivity index (χ4n) is 2.45. The van der Waals surface area contributed by atoms with Crippen molar-refractivity contribution < 1.29 is 31.5 Å². The van der Waals surface area contributed by atoms with Crippen LogP contribution in [0.1, 0.15) is 24.0 Å². The van der Waals surface area contributed by atoms with Gasteiger partial charge in [-0.25, -0.2) is 13.4 Å². The van der Waals surface area contributed by atoms with Gasteiger partial charge >= 0.3 is 12.1 Å². The number of rotatable bonds is 5. The first-order valence-electron chi connectivity index (χ1n) is 8.34. The zero-order chi connectivity index (χ0) is 21.9. The van der Waals surface area contributed by atoms with Crippen molar-refractivity contribution in [2.24, 2.45) is 0 Å². The Morgan fingerprint density at radius 2 is 1.97 bits per heavy atom. The number of aromatic nitrogens is 1. The smallest absolute Gasteiger partial charge is 0.416 e. The largest absolute Gasteiger partial charge is 0.481 e. The van der Waals surface area contributed by atoms with E-state index in [2.05, 4.69) is 21.5 Å². The van der Waals surface area contributed by atoms with Crippen molar-refractivity contribution in [3.63, 3.8) is 0 Å². The molecule has 0 atom stereocenters. The van der Waals surface area contributed by atoms with Crippen LogP contribution in [0.25, 0.3) is 10.2 Å². The normalized spacial score (nSPS) is 11.7. The minimum Gasteiger partial charge on any atom is -0.481 e. The summed E-state index contributed by atoms with van der Waals surface area (Å²) in [4.78, 5) is 14.6. The summed E-state index contributed by atoms with van der Waals surface area (Å²) < 4.78 is 67.5. The first-order valence-corrected chi connectivity index (χ1v) is 10.7. The molecule has 30 heavy (non-hydrogen) atoms. The Labute approximate surface area is 173 Å². The van der Waals surface area contributed by atoms with Crippen molar-refractivity contribution >= 4 is 43.2 Å². The van der Waals surface area contributed by atoms with E-state index in [0.29, 0.717) is 10.2 Å². The topological polar surface area (TPSA) is 96.4 Å². The van der Waals surface area contributed by atoms with Crippen molar-refractivity contribution in [2.75, 3.05) is 4.72 Å². The molecule has 0 saturated carbocycles. The van der Waals surface area contributed by atoms with Crippen LogP contribution in [0.15, 0.2) is 46.8 Å². The van der Waals surface area contributed by atoms with Crippen LogP contribution in [0.3, 0.4) is 0 Å². The highest BCUT2D eigenvalue weighted by Crippen LogP contribution is 2.32. The Morgan fingerprint density at radius 3 is 2.67 bits per heavy atom. The lowest BCUT2D eigenvalue weighted by molar-refractivity contribution is -0.138. The Morgan fingerprint density at radius 1 is 1.20 bits per heavy atom. The number of aliphatic carboxylic acids is 1. The first-order chi connectivity index (χ1) is 14.1. The maximum atomic E-state index is 13.0. The second kappa shape index (κ2) is 8.33. The molecule has 1 aromatic heterocycles. The Bertz CT molecular complexity index is 1270. The van der Waals surface area contributed by atoms with Gasteiger partial charge in [-0.1, -0.05) is 11.8 Å². The van der Waals surface area contributed by atoms with E-state index < -0.39 is 27.7 Å². The molecule has 2 aromatic carbocycles. The summed E-state index contributed by atoms with van der Waals surface area (Å²) in [7, 11) is -4.11. The summed E-state index contributed by atoms with van der Waals surface area (Å²) >= 11 is 1.25. The number of benzene rings is 2. The third-order valence-electron chi connectivity index (χ3n) is 3.89. The molecule has 0 unspecified atom stereocenters. The van der Waals surface area contributed by atoms with Crippen molar-refractivity contribution in [1.82, 2.24) is 4.98 Å². The summed E-state index contributed by atoms with van der Waals surface area (Å²) in [6, 6.07) is 6.72. The van der Waals surface area contributed by atoms with E-state index in [1.807, 2.05) is 0 Å². The van der Waals surface area contributed by atoms with E-state index in [-0.39, 0.29) is 29.0 Å². The van der Waals surface area contributed by atoms with Crippen LogP contribution in [-0.4, -0.2) is 24.5 Å². The molecular formula is C19H13F3N2O4S2. The van der Waals surface area contributed by atoms with Gasteiger partial charge in [-0.15, -0.1) is 11.3 Å².